The second kappa shape index (κ2) is 14.8. The second-order valence-corrected chi connectivity index (χ2v) is 12.8. The third-order valence-corrected chi connectivity index (χ3v) is 9.72. The maximum atomic E-state index is 12.8. The first-order valence-electron chi connectivity index (χ1n) is 16.2. The Balaban J connectivity index is 1.15. The average molecular weight is 711 g/mol. The zero-order valence-electron chi connectivity index (χ0n) is 27.4. The van der Waals surface area contributed by atoms with Gasteiger partial charge in [-0.25, -0.2) is 4.79 Å². The number of carbonyl (C=O) groups is 2. The van der Waals surface area contributed by atoms with Gasteiger partial charge in [-0.15, -0.1) is 0 Å². The Morgan fingerprint density at radius 2 is 1.62 bits per heavy atom. The summed E-state index contributed by atoms with van der Waals surface area (Å²) in [6, 6.07) is 6.93. The molecule has 50 heavy (non-hydrogen) atoms. The van der Waals surface area contributed by atoms with Crippen molar-refractivity contribution in [2.24, 2.45) is 11.8 Å². The van der Waals surface area contributed by atoms with Gasteiger partial charge in [0.25, 0.3) is 0 Å². The van der Waals surface area contributed by atoms with Gasteiger partial charge < -0.3 is 73.3 Å². The van der Waals surface area contributed by atoms with Gasteiger partial charge in [0.1, 0.15) is 48.0 Å². The number of ether oxygens (including phenoxy) is 9. The highest BCUT2D eigenvalue weighted by atomic mass is 16.8. The molecule has 16 atom stereocenters. The summed E-state index contributed by atoms with van der Waals surface area (Å²) in [5.74, 6) is -2.26. The largest absolute Gasteiger partial charge is 0.497 e. The van der Waals surface area contributed by atoms with Crippen molar-refractivity contribution >= 4 is 18.0 Å². The topological polar surface area (TPSA) is 242 Å². The fourth-order valence-electron chi connectivity index (χ4n) is 7.10. The lowest BCUT2D eigenvalue weighted by atomic mass is 9.85. The van der Waals surface area contributed by atoms with E-state index in [9.17, 15) is 40.2 Å². The molecule has 3 saturated heterocycles. The van der Waals surface area contributed by atoms with Crippen LogP contribution in [0, 0.1) is 11.8 Å². The molecule has 1 aromatic rings. The summed E-state index contributed by atoms with van der Waals surface area (Å²) in [6.45, 7) is 1.52. The number of hydrogen-bond donors (Lipinski definition) is 6. The van der Waals surface area contributed by atoms with Crippen molar-refractivity contribution in [3.8, 4) is 5.75 Å². The van der Waals surface area contributed by atoms with Crippen LogP contribution >= 0.6 is 0 Å². The first kappa shape index (κ1) is 36.6. The molecule has 0 spiro atoms. The van der Waals surface area contributed by atoms with E-state index >= 15 is 0 Å². The van der Waals surface area contributed by atoms with Gasteiger partial charge in [-0.05, 0) is 36.8 Å². The van der Waals surface area contributed by atoms with Crippen LogP contribution < -0.4 is 4.74 Å². The normalized spacial score (nSPS) is 43.4. The number of carbonyl (C=O) groups excluding carboxylic acids is 2. The minimum Gasteiger partial charge on any atom is -0.497 e. The lowest BCUT2D eigenvalue weighted by molar-refractivity contribution is -0.347. The molecule has 4 aliphatic heterocycles. The van der Waals surface area contributed by atoms with Crippen LogP contribution in [-0.2, 0) is 47.5 Å². The van der Waals surface area contributed by atoms with Crippen LogP contribution in [-0.4, -0.2) is 148 Å². The molecule has 17 nitrogen and oxygen atoms in total. The zero-order valence-corrected chi connectivity index (χ0v) is 27.4. The molecule has 17 heteroatoms. The van der Waals surface area contributed by atoms with Gasteiger partial charge in [0.2, 0.25) is 6.29 Å². The number of benzene rings is 1. The van der Waals surface area contributed by atoms with E-state index in [1.165, 1.54) is 25.5 Å². The monoisotopic (exact) mass is 710 g/mol. The van der Waals surface area contributed by atoms with E-state index in [0.29, 0.717) is 11.3 Å². The van der Waals surface area contributed by atoms with Gasteiger partial charge in [-0.1, -0.05) is 12.1 Å². The average Bonchev–Trinajstić information content (AvgIpc) is 3.78. The van der Waals surface area contributed by atoms with Crippen molar-refractivity contribution in [2.45, 2.75) is 99.4 Å². The van der Waals surface area contributed by atoms with Crippen molar-refractivity contribution < 1.29 is 82.9 Å². The summed E-state index contributed by atoms with van der Waals surface area (Å²) in [4.78, 5) is 24.9. The van der Waals surface area contributed by atoms with Gasteiger partial charge in [-0.2, -0.15) is 0 Å². The Morgan fingerprint density at radius 1 is 0.880 bits per heavy atom. The Labute approximate surface area is 286 Å². The highest BCUT2D eigenvalue weighted by Gasteiger charge is 2.77. The lowest BCUT2D eigenvalue weighted by Crippen LogP contribution is -2.61. The second-order valence-electron chi connectivity index (χ2n) is 12.8. The number of aliphatic hydroxyl groups is 6. The maximum absolute atomic E-state index is 12.8. The standard InChI is InChI=1S/C33H42O17/c1-14-26(47-20(37)9-6-16-4-7-17(42-3)8-5-16)25(41)28(45-15(2)36)32(44-14)48-27-18-10-11-43-30(21(18)33(13-35)29(27)50-33)49-31-24(40)23(39)22(38)19(12-34)46-31/h4-11,14,18-19,21-32,34-35,38-41H,12-13H2,1-3H3/b9-6-/t14-,18+,19+,21+,22+,23-,24+,25+,26-,27-,28+,29-,30-,31-,32-,33+/m0/s1. The van der Waals surface area contributed by atoms with E-state index in [0.717, 1.165) is 6.92 Å². The lowest BCUT2D eigenvalue weighted by Gasteiger charge is -2.44. The highest BCUT2D eigenvalue weighted by Crippen LogP contribution is 2.61. The fraction of sp³-hybridized carbons (Fsp3) is 0.636. The van der Waals surface area contributed by atoms with Crippen molar-refractivity contribution in [1.82, 2.24) is 0 Å². The molecule has 0 amide bonds. The Hall–Kier alpha value is -3.20. The third-order valence-electron chi connectivity index (χ3n) is 9.72. The molecule has 1 aliphatic carbocycles. The fourth-order valence-corrected chi connectivity index (χ4v) is 7.10. The number of epoxide rings is 1. The van der Waals surface area contributed by atoms with Gasteiger partial charge in [0, 0.05) is 18.9 Å². The van der Waals surface area contributed by atoms with E-state index in [2.05, 4.69) is 0 Å². The Morgan fingerprint density at radius 3 is 2.28 bits per heavy atom. The minimum absolute atomic E-state index is 0.496. The van der Waals surface area contributed by atoms with E-state index in [4.69, 9.17) is 42.6 Å². The van der Waals surface area contributed by atoms with Crippen LogP contribution in [0.15, 0.2) is 42.7 Å². The Bertz CT molecular complexity index is 1420. The van der Waals surface area contributed by atoms with E-state index in [1.54, 1.807) is 37.3 Å². The van der Waals surface area contributed by atoms with Crippen LogP contribution in [0.5, 0.6) is 5.75 Å². The molecule has 0 unspecified atom stereocenters. The van der Waals surface area contributed by atoms with Gasteiger partial charge in [0.05, 0.1) is 44.7 Å². The number of methoxy groups -OCH3 is 1. The van der Waals surface area contributed by atoms with Crippen LogP contribution in [0.25, 0.3) is 6.08 Å². The summed E-state index contributed by atoms with van der Waals surface area (Å²) < 4.78 is 51.5. The van der Waals surface area contributed by atoms with Crippen molar-refractivity contribution in [3.63, 3.8) is 0 Å². The molecule has 4 fully saturated rings. The minimum atomic E-state index is -1.71. The summed E-state index contributed by atoms with van der Waals surface area (Å²) in [7, 11) is 1.54. The predicted molar refractivity (Wildman–Crippen MR) is 163 cm³/mol. The van der Waals surface area contributed by atoms with Crippen molar-refractivity contribution in [2.75, 3.05) is 20.3 Å². The van der Waals surface area contributed by atoms with E-state index in [-0.39, 0.29) is 0 Å². The van der Waals surface area contributed by atoms with Crippen molar-refractivity contribution in [1.29, 1.82) is 0 Å². The third kappa shape index (κ3) is 6.88. The molecule has 0 aromatic heterocycles. The van der Waals surface area contributed by atoms with E-state index in [1.807, 2.05) is 0 Å². The van der Waals surface area contributed by atoms with Crippen LogP contribution in [0.4, 0.5) is 0 Å². The summed E-state index contributed by atoms with van der Waals surface area (Å²) in [6.07, 6.45) is -11.5. The number of rotatable bonds is 11. The first-order valence-corrected chi connectivity index (χ1v) is 16.2. The quantitative estimate of drug-likeness (QED) is 0.0835. The molecule has 1 saturated carbocycles. The van der Waals surface area contributed by atoms with Crippen LogP contribution in [0.2, 0.25) is 0 Å². The molecule has 6 rings (SSSR count). The molecule has 5 aliphatic rings. The van der Waals surface area contributed by atoms with Gasteiger partial charge >= 0.3 is 11.9 Å². The summed E-state index contributed by atoms with van der Waals surface area (Å²) in [5.41, 5.74) is -0.551. The van der Waals surface area contributed by atoms with Crippen LogP contribution in [0.1, 0.15) is 19.4 Å². The SMILES string of the molecule is COc1ccc(/C=C\C(=O)O[C@@H]2[C@@H](O)[C@@H](OC(C)=O)[C@H](O[C@H]3[C@@H]4C=CO[C@@H](O[C@@H]5O[C@H](CO)[C@@H](O)[C@H](O)[C@H]5O)[C@@H]4[C@@]4(CO)O[C@@H]34)O[C@H]2C)cc1. The maximum Gasteiger partial charge on any atom is 0.331 e. The number of esters is 2. The zero-order chi connectivity index (χ0) is 35.9. The molecule has 4 heterocycles. The Kier molecular flexibility index (Phi) is 10.8. The van der Waals surface area contributed by atoms with E-state index < -0.39 is 122 Å². The highest BCUT2D eigenvalue weighted by molar-refractivity contribution is 5.87. The molecule has 1 aromatic carbocycles. The van der Waals surface area contributed by atoms with Crippen LogP contribution in [0.3, 0.4) is 0 Å². The molecular formula is C33H42O17. The summed E-state index contributed by atoms with van der Waals surface area (Å²) >= 11 is 0. The molecular weight excluding hydrogens is 668 g/mol. The number of hydrogen-bond acceptors (Lipinski definition) is 17. The van der Waals surface area contributed by atoms with Gasteiger partial charge in [0.15, 0.2) is 24.8 Å². The van der Waals surface area contributed by atoms with Crippen molar-refractivity contribution in [3.05, 3.63) is 48.2 Å². The van der Waals surface area contributed by atoms with Gasteiger partial charge in [-0.3, -0.25) is 4.79 Å². The molecule has 0 radical (unpaired) electrons. The molecule has 0 bridgehead atoms. The number of aliphatic hydroxyl groups excluding tert-OH is 6. The smallest absolute Gasteiger partial charge is 0.331 e. The number of fused-ring (bicyclic) bond motifs is 3. The first-order chi connectivity index (χ1) is 23.9. The summed E-state index contributed by atoms with van der Waals surface area (Å²) in [5, 5.41) is 62.3. The predicted octanol–water partition coefficient (Wildman–Crippen LogP) is -1.89. The molecule has 276 valence electrons. The molecule has 6 N–H and O–H groups in total.